The first-order valence-electron chi connectivity index (χ1n) is 6.46. The van der Waals surface area contributed by atoms with Gasteiger partial charge in [-0.2, -0.15) is 0 Å². The lowest BCUT2D eigenvalue weighted by Gasteiger charge is -2.11. The van der Waals surface area contributed by atoms with Crippen LogP contribution < -0.4 is 10.5 Å². The molecule has 0 spiro atoms. The highest BCUT2D eigenvalue weighted by atomic mass is 16.6. The smallest absolute Gasteiger partial charge is 0.328 e. The van der Waals surface area contributed by atoms with Gasteiger partial charge in [0.05, 0.1) is 4.92 Å². The van der Waals surface area contributed by atoms with Crippen molar-refractivity contribution in [2.45, 2.75) is 12.5 Å². The van der Waals surface area contributed by atoms with E-state index in [4.69, 9.17) is 10.5 Å². The summed E-state index contributed by atoms with van der Waals surface area (Å²) in [5.41, 5.74) is 6.20. The Morgan fingerprint density at radius 2 is 1.86 bits per heavy atom. The highest BCUT2D eigenvalue weighted by Gasteiger charge is 2.21. The van der Waals surface area contributed by atoms with E-state index in [1.807, 2.05) is 0 Å². The molecular weight excluding hydrogens is 288 g/mol. The predicted octanol–water partition coefficient (Wildman–Crippen LogP) is 1.78. The summed E-state index contributed by atoms with van der Waals surface area (Å²) >= 11 is 0. The molecule has 1 atom stereocenters. The highest BCUT2D eigenvalue weighted by molar-refractivity contribution is 5.79. The normalized spacial score (nSPS) is 11.7. The number of para-hydroxylation sites is 2. The first-order valence-corrected chi connectivity index (χ1v) is 6.46. The number of hydrogen-bond donors (Lipinski definition) is 2. The summed E-state index contributed by atoms with van der Waals surface area (Å²) in [6, 6.07) is 10.8. The van der Waals surface area contributed by atoms with E-state index in [1.165, 1.54) is 36.4 Å². The maximum Gasteiger partial charge on any atom is 0.328 e. The number of nitrogens with two attached hydrogens (primary N) is 1. The molecule has 0 saturated carbocycles. The van der Waals surface area contributed by atoms with Crippen LogP contribution in [-0.2, 0) is 11.2 Å². The van der Waals surface area contributed by atoms with Crippen molar-refractivity contribution >= 4 is 11.7 Å². The fraction of sp³-hybridized carbons (Fsp3) is 0.133. The Bertz CT molecular complexity index is 685. The van der Waals surface area contributed by atoms with Gasteiger partial charge in [-0.15, -0.1) is 0 Å². The number of carbonyl (C=O) groups excluding carboxylic acids is 1. The standard InChI is InChI=1S/C15H14N2O5/c16-12(9-10-5-7-11(18)8-6-10)15(19)22-14-4-2-1-3-13(14)17(20)21/h1-8,12,18H,9,16H2/t12-/m0/s1. The SMILES string of the molecule is N[C@@H](Cc1ccc(O)cc1)C(=O)Oc1ccccc1[N+](=O)[O-]. The summed E-state index contributed by atoms with van der Waals surface area (Å²) in [5.74, 6) is -0.791. The van der Waals surface area contributed by atoms with Crippen LogP contribution in [0.4, 0.5) is 5.69 Å². The number of benzene rings is 2. The number of carbonyl (C=O) groups is 1. The summed E-state index contributed by atoms with van der Waals surface area (Å²) < 4.78 is 5.01. The highest BCUT2D eigenvalue weighted by Crippen LogP contribution is 2.26. The summed E-state index contributed by atoms with van der Waals surface area (Å²) in [4.78, 5) is 22.2. The maximum absolute atomic E-state index is 11.9. The number of nitro groups is 1. The van der Waals surface area contributed by atoms with Crippen molar-refractivity contribution in [2.75, 3.05) is 0 Å². The minimum absolute atomic E-state index is 0.111. The average Bonchev–Trinajstić information content (AvgIpc) is 2.49. The van der Waals surface area contributed by atoms with Crippen molar-refractivity contribution < 1.29 is 19.6 Å². The van der Waals surface area contributed by atoms with Crippen LogP contribution in [0.15, 0.2) is 48.5 Å². The largest absolute Gasteiger partial charge is 0.508 e. The Morgan fingerprint density at radius 3 is 2.50 bits per heavy atom. The van der Waals surface area contributed by atoms with Gasteiger partial charge in [-0.1, -0.05) is 24.3 Å². The number of nitrogens with zero attached hydrogens (tertiary/aromatic N) is 1. The lowest BCUT2D eigenvalue weighted by molar-refractivity contribution is -0.385. The topological polar surface area (TPSA) is 116 Å². The zero-order valence-corrected chi connectivity index (χ0v) is 11.5. The van der Waals surface area contributed by atoms with Crippen LogP contribution >= 0.6 is 0 Å². The van der Waals surface area contributed by atoms with Crippen LogP contribution in [0.5, 0.6) is 11.5 Å². The second-order valence-corrected chi connectivity index (χ2v) is 4.62. The molecule has 0 radical (unpaired) electrons. The molecule has 3 N–H and O–H groups in total. The number of esters is 1. The van der Waals surface area contributed by atoms with Gasteiger partial charge in [-0.25, -0.2) is 4.79 Å². The van der Waals surface area contributed by atoms with Gasteiger partial charge in [0.15, 0.2) is 0 Å². The number of hydrogen-bond acceptors (Lipinski definition) is 6. The molecule has 0 aliphatic heterocycles. The summed E-state index contributed by atoms with van der Waals surface area (Å²) in [6.07, 6.45) is 0.194. The lowest BCUT2D eigenvalue weighted by atomic mass is 10.1. The Labute approximate surface area is 126 Å². The number of phenolic OH excluding ortho intramolecular Hbond substituents is 1. The molecule has 7 heteroatoms. The van der Waals surface area contributed by atoms with E-state index < -0.39 is 16.9 Å². The summed E-state index contributed by atoms with van der Waals surface area (Å²) in [6.45, 7) is 0. The third-order valence-electron chi connectivity index (χ3n) is 2.97. The number of phenols is 1. The average molecular weight is 302 g/mol. The van der Waals surface area contributed by atoms with Crippen LogP contribution in [0.25, 0.3) is 0 Å². The van der Waals surface area contributed by atoms with Gasteiger partial charge >= 0.3 is 11.7 Å². The van der Waals surface area contributed by atoms with E-state index in [2.05, 4.69) is 0 Å². The fourth-order valence-electron chi connectivity index (χ4n) is 1.85. The molecular formula is C15H14N2O5. The van der Waals surface area contributed by atoms with E-state index >= 15 is 0 Å². The zero-order valence-electron chi connectivity index (χ0n) is 11.5. The predicted molar refractivity (Wildman–Crippen MR) is 78.5 cm³/mol. The molecule has 0 aliphatic rings. The van der Waals surface area contributed by atoms with Gasteiger partial charge in [0.25, 0.3) is 0 Å². The van der Waals surface area contributed by atoms with E-state index in [0.29, 0.717) is 0 Å². The van der Waals surface area contributed by atoms with Crippen molar-refractivity contribution in [1.82, 2.24) is 0 Å². The zero-order chi connectivity index (χ0) is 16.1. The molecule has 0 aliphatic carbocycles. The number of aromatic hydroxyl groups is 1. The molecule has 7 nitrogen and oxygen atoms in total. The Morgan fingerprint density at radius 1 is 1.23 bits per heavy atom. The van der Waals surface area contributed by atoms with Gasteiger partial charge in [-0.05, 0) is 30.2 Å². The molecule has 0 fully saturated rings. The van der Waals surface area contributed by atoms with Crippen molar-refractivity contribution in [3.8, 4) is 11.5 Å². The second-order valence-electron chi connectivity index (χ2n) is 4.62. The third kappa shape index (κ3) is 3.80. The van der Waals surface area contributed by atoms with Crippen molar-refractivity contribution in [1.29, 1.82) is 0 Å². The Hall–Kier alpha value is -2.93. The van der Waals surface area contributed by atoms with Crippen molar-refractivity contribution in [2.24, 2.45) is 5.73 Å². The molecule has 2 aromatic rings. The van der Waals surface area contributed by atoms with Crippen molar-refractivity contribution in [3.05, 3.63) is 64.2 Å². The summed E-state index contributed by atoms with van der Waals surface area (Å²) in [7, 11) is 0. The quantitative estimate of drug-likeness (QED) is 0.376. The second kappa shape index (κ2) is 6.68. The molecule has 2 aromatic carbocycles. The Kier molecular flexibility index (Phi) is 4.70. The molecule has 0 bridgehead atoms. The van der Waals surface area contributed by atoms with E-state index in [1.54, 1.807) is 12.1 Å². The molecule has 0 unspecified atom stereocenters. The first kappa shape index (κ1) is 15.5. The minimum Gasteiger partial charge on any atom is -0.508 e. The van der Waals surface area contributed by atoms with Crippen LogP contribution in [0, 0.1) is 10.1 Å². The molecule has 22 heavy (non-hydrogen) atoms. The lowest BCUT2D eigenvalue weighted by Crippen LogP contribution is -2.36. The molecule has 0 heterocycles. The van der Waals surface area contributed by atoms with E-state index in [0.717, 1.165) is 5.56 Å². The van der Waals surface area contributed by atoms with Gasteiger partial charge in [-0.3, -0.25) is 10.1 Å². The molecule has 0 amide bonds. The van der Waals surface area contributed by atoms with Gasteiger partial charge in [0.1, 0.15) is 11.8 Å². The third-order valence-corrected chi connectivity index (χ3v) is 2.97. The van der Waals surface area contributed by atoms with Gasteiger partial charge in [0, 0.05) is 6.07 Å². The van der Waals surface area contributed by atoms with Gasteiger partial charge < -0.3 is 15.6 Å². The van der Waals surface area contributed by atoms with Gasteiger partial charge in [0.2, 0.25) is 5.75 Å². The van der Waals surface area contributed by atoms with Crippen LogP contribution in [0.1, 0.15) is 5.56 Å². The molecule has 0 aromatic heterocycles. The Balaban J connectivity index is 2.05. The number of ether oxygens (including phenoxy) is 1. The van der Waals surface area contributed by atoms with Crippen LogP contribution in [0.2, 0.25) is 0 Å². The monoisotopic (exact) mass is 302 g/mol. The molecule has 0 saturated heterocycles. The van der Waals surface area contributed by atoms with Crippen LogP contribution in [0.3, 0.4) is 0 Å². The first-order chi connectivity index (χ1) is 10.5. The van der Waals surface area contributed by atoms with Crippen LogP contribution in [-0.4, -0.2) is 22.0 Å². The van der Waals surface area contributed by atoms with Crippen molar-refractivity contribution in [3.63, 3.8) is 0 Å². The summed E-state index contributed by atoms with van der Waals surface area (Å²) in [5, 5.41) is 20.0. The van der Waals surface area contributed by atoms with E-state index in [9.17, 15) is 20.0 Å². The molecule has 2 rings (SSSR count). The number of nitro benzene ring substituents is 1. The van der Waals surface area contributed by atoms with E-state index in [-0.39, 0.29) is 23.6 Å². The number of rotatable bonds is 5. The minimum atomic E-state index is -0.968. The molecule has 114 valence electrons. The maximum atomic E-state index is 11.9. The fourth-order valence-corrected chi connectivity index (χ4v) is 1.85.